The van der Waals surface area contributed by atoms with Crippen LogP contribution in [0.4, 0.5) is 17.6 Å². The van der Waals surface area contributed by atoms with Gasteiger partial charge in [0.25, 0.3) is 5.89 Å². The third-order valence-corrected chi connectivity index (χ3v) is 4.24. The molecule has 0 spiro atoms. The van der Waals surface area contributed by atoms with E-state index in [4.69, 9.17) is 14.0 Å². The van der Waals surface area contributed by atoms with E-state index < -0.39 is 23.7 Å². The quantitative estimate of drug-likeness (QED) is 0.599. The molecule has 0 radical (unpaired) electrons. The van der Waals surface area contributed by atoms with Gasteiger partial charge in [0.2, 0.25) is 5.82 Å². The highest BCUT2D eigenvalue weighted by molar-refractivity contribution is 5.62. The average molecular weight is 394 g/mol. The molecule has 9 heteroatoms. The summed E-state index contributed by atoms with van der Waals surface area (Å²) in [5.41, 5.74) is -0.345. The summed E-state index contributed by atoms with van der Waals surface area (Å²) in [6.45, 7) is 0.712. The van der Waals surface area contributed by atoms with Gasteiger partial charge in [0, 0.05) is 17.5 Å². The fourth-order valence-corrected chi connectivity index (χ4v) is 2.83. The molecule has 0 unspecified atom stereocenters. The third kappa shape index (κ3) is 3.84. The minimum absolute atomic E-state index is 0.0134. The van der Waals surface area contributed by atoms with Crippen LogP contribution in [0.1, 0.15) is 12.0 Å². The molecule has 1 atom stereocenters. The van der Waals surface area contributed by atoms with Crippen molar-refractivity contribution in [2.45, 2.75) is 18.7 Å². The van der Waals surface area contributed by atoms with E-state index >= 15 is 0 Å². The first-order chi connectivity index (χ1) is 13.4. The van der Waals surface area contributed by atoms with E-state index in [0.717, 1.165) is 6.07 Å². The molecule has 1 saturated heterocycles. The fourth-order valence-electron chi connectivity index (χ4n) is 2.83. The summed E-state index contributed by atoms with van der Waals surface area (Å²) in [6, 6.07) is 8.91. The van der Waals surface area contributed by atoms with Crippen molar-refractivity contribution in [3.63, 3.8) is 0 Å². The van der Waals surface area contributed by atoms with E-state index in [1.165, 1.54) is 36.4 Å². The van der Waals surface area contributed by atoms with Crippen LogP contribution < -0.4 is 4.74 Å². The molecule has 1 aromatic heterocycles. The lowest BCUT2D eigenvalue weighted by Crippen LogP contribution is -2.18. The molecule has 0 N–H and O–H groups in total. The molecule has 1 fully saturated rings. The molecule has 0 aliphatic carbocycles. The SMILES string of the molecule is Fc1ccc(-c2nc(-c3ccc(O[C@@H]4CCOC4)c(C(F)(F)F)c3)no2)cc1. The Hall–Kier alpha value is -2.94. The van der Waals surface area contributed by atoms with E-state index in [0.29, 0.717) is 18.6 Å². The molecule has 2 aromatic carbocycles. The molecule has 28 heavy (non-hydrogen) atoms. The molecule has 0 amide bonds. The predicted octanol–water partition coefficient (Wildman–Crippen LogP) is 4.73. The zero-order valence-electron chi connectivity index (χ0n) is 14.4. The van der Waals surface area contributed by atoms with E-state index in [1.807, 2.05) is 0 Å². The molecule has 0 saturated carbocycles. The van der Waals surface area contributed by atoms with Crippen molar-refractivity contribution in [3.05, 3.63) is 53.8 Å². The number of aromatic nitrogens is 2. The fraction of sp³-hybridized carbons (Fsp3) is 0.263. The van der Waals surface area contributed by atoms with Crippen LogP contribution in [0.15, 0.2) is 47.0 Å². The third-order valence-electron chi connectivity index (χ3n) is 4.24. The zero-order chi connectivity index (χ0) is 19.7. The highest BCUT2D eigenvalue weighted by Crippen LogP contribution is 2.39. The largest absolute Gasteiger partial charge is 0.487 e. The maximum absolute atomic E-state index is 13.5. The van der Waals surface area contributed by atoms with E-state index in [1.54, 1.807) is 0 Å². The Morgan fingerprint density at radius 3 is 2.46 bits per heavy atom. The number of nitrogens with zero attached hydrogens (tertiary/aromatic N) is 2. The second-order valence-corrected chi connectivity index (χ2v) is 6.24. The number of alkyl halides is 3. The van der Waals surface area contributed by atoms with Crippen LogP contribution in [0.3, 0.4) is 0 Å². The lowest BCUT2D eigenvalue weighted by Gasteiger charge is -2.17. The number of ether oxygens (including phenoxy) is 2. The van der Waals surface area contributed by atoms with Crippen LogP contribution in [0.25, 0.3) is 22.8 Å². The van der Waals surface area contributed by atoms with Gasteiger partial charge in [-0.1, -0.05) is 5.16 Å². The second kappa shape index (κ2) is 7.23. The zero-order valence-corrected chi connectivity index (χ0v) is 14.4. The molecule has 5 nitrogen and oxygen atoms in total. The summed E-state index contributed by atoms with van der Waals surface area (Å²) in [5.74, 6) is -0.636. The maximum atomic E-state index is 13.5. The molecule has 1 aliphatic heterocycles. The van der Waals surface area contributed by atoms with Gasteiger partial charge in [-0.25, -0.2) is 4.39 Å². The van der Waals surface area contributed by atoms with E-state index in [2.05, 4.69) is 10.1 Å². The maximum Gasteiger partial charge on any atom is 0.419 e. The number of hydrogen-bond acceptors (Lipinski definition) is 5. The Morgan fingerprint density at radius 2 is 1.79 bits per heavy atom. The van der Waals surface area contributed by atoms with Crippen molar-refractivity contribution in [2.24, 2.45) is 0 Å². The van der Waals surface area contributed by atoms with Gasteiger partial charge < -0.3 is 14.0 Å². The Labute approximate surface area is 156 Å². The van der Waals surface area contributed by atoms with Crippen LogP contribution in [0, 0.1) is 5.82 Å². The Bertz CT molecular complexity index is 964. The lowest BCUT2D eigenvalue weighted by atomic mass is 10.1. The smallest absolute Gasteiger partial charge is 0.419 e. The van der Waals surface area contributed by atoms with Crippen LogP contribution in [-0.2, 0) is 10.9 Å². The molecule has 146 valence electrons. The molecule has 2 heterocycles. The molecule has 3 aromatic rings. The summed E-state index contributed by atoms with van der Waals surface area (Å²) in [4.78, 5) is 4.11. The first kappa shape index (κ1) is 18.4. The van der Waals surface area contributed by atoms with Crippen molar-refractivity contribution < 1.29 is 31.6 Å². The minimum Gasteiger partial charge on any atom is -0.487 e. The van der Waals surface area contributed by atoms with Crippen molar-refractivity contribution in [2.75, 3.05) is 13.2 Å². The average Bonchev–Trinajstić information content (AvgIpc) is 3.34. The molecule has 1 aliphatic rings. The van der Waals surface area contributed by atoms with Gasteiger partial charge in [-0.3, -0.25) is 0 Å². The first-order valence-corrected chi connectivity index (χ1v) is 8.46. The summed E-state index contributed by atoms with van der Waals surface area (Å²) < 4.78 is 69.3. The highest BCUT2D eigenvalue weighted by Gasteiger charge is 2.36. The summed E-state index contributed by atoms with van der Waals surface area (Å²) >= 11 is 0. The number of hydrogen-bond donors (Lipinski definition) is 0. The van der Waals surface area contributed by atoms with Crippen LogP contribution >= 0.6 is 0 Å². The van der Waals surface area contributed by atoms with Crippen LogP contribution in [0.2, 0.25) is 0 Å². The lowest BCUT2D eigenvalue weighted by molar-refractivity contribution is -0.139. The van der Waals surface area contributed by atoms with Crippen molar-refractivity contribution >= 4 is 0 Å². The van der Waals surface area contributed by atoms with Gasteiger partial charge >= 0.3 is 6.18 Å². The van der Waals surface area contributed by atoms with Gasteiger partial charge in [0.15, 0.2) is 0 Å². The minimum atomic E-state index is -4.62. The molecular weight excluding hydrogens is 380 g/mol. The summed E-state index contributed by atoms with van der Waals surface area (Å²) in [5, 5.41) is 3.73. The van der Waals surface area contributed by atoms with Gasteiger partial charge in [-0.15, -0.1) is 0 Å². The van der Waals surface area contributed by atoms with Crippen molar-refractivity contribution in [1.29, 1.82) is 0 Å². The monoisotopic (exact) mass is 394 g/mol. The van der Waals surface area contributed by atoms with E-state index in [-0.39, 0.29) is 29.6 Å². The normalized spacial score (nSPS) is 17.1. The molecule has 0 bridgehead atoms. The highest BCUT2D eigenvalue weighted by atomic mass is 19.4. The Balaban J connectivity index is 1.65. The van der Waals surface area contributed by atoms with Crippen molar-refractivity contribution in [1.82, 2.24) is 10.1 Å². The second-order valence-electron chi connectivity index (χ2n) is 6.24. The Morgan fingerprint density at radius 1 is 1.04 bits per heavy atom. The standard InChI is InChI=1S/C19H14F4N2O3/c20-13-4-1-11(2-5-13)18-24-17(25-28-18)12-3-6-16(15(9-12)19(21,22)23)27-14-7-8-26-10-14/h1-6,9,14H,7-8,10H2/t14-/m1/s1. The van der Waals surface area contributed by atoms with Gasteiger partial charge in [0.05, 0.1) is 18.8 Å². The predicted molar refractivity (Wildman–Crippen MR) is 90.0 cm³/mol. The molecular formula is C19H14F4N2O3. The topological polar surface area (TPSA) is 57.4 Å². The summed E-state index contributed by atoms with van der Waals surface area (Å²) in [6.07, 6.45) is -4.50. The van der Waals surface area contributed by atoms with Crippen LogP contribution in [0.5, 0.6) is 5.75 Å². The number of rotatable bonds is 4. The van der Waals surface area contributed by atoms with Crippen LogP contribution in [-0.4, -0.2) is 29.5 Å². The number of halogens is 4. The Kier molecular flexibility index (Phi) is 4.76. The van der Waals surface area contributed by atoms with Gasteiger partial charge in [-0.05, 0) is 42.5 Å². The van der Waals surface area contributed by atoms with Gasteiger partial charge in [0.1, 0.15) is 17.7 Å². The first-order valence-electron chi connectivity index (χ1n) is 8.46. The summed E-state index contributed by atoms with van der Waals surface area (Å²) in [7, 11) is 0. The number of benzene rings is 2. The van der Waals surface area contributed by atoms with Gasteiger partial charge in [-0.2, -0.15) is 18.2 Å². The van der Waals surface area contributed by atoms with E-state index in [9.17, 15) is 17.6 Å². The van der Waals surface area contributed by atoms with Crippen molar-refractivity contribution in [3.8, 4) is 28.6 Å². The molecule has 4 rings (SSSR count).